The first-order valence-electron chi connectivity index (χ1n) is 6.51. The molecule has 0 spiro atoms. The van der Waals surface area contributed by atoms with Crippen molar-refractivity contribution in [1.29, 1.82) is 0 Å². The van der Waals surface area contributed by atoms with Gasteiger partial charge in [-0.15, -0.1) is 11.3 Å². The summed E-state index contributed by atoms with van der Waals surface area (Å²) in [5, 5.41) is 1.75. The van der Waals surface area contributed by atoms with Gasteiger partial charge in [-0.05, 0) is 54.0 Å². The Labute approximate surface area is 122 Å². The van der Waals surface area contributed by atoms with Crippen molar-refractivity contribution in [2.24, 2.45) is 5.73 Å². The molecule has 1 heterocycles. The minimum absolute atomic E-state index is 0.234. The van der Waals surface area contributed by atoms with Crippen LogP contribution in [-0.2, 0) is 29.4 Å². The normalized spacial score (nSPS) is 14.2. The Hall–Kier alpha value is -1.37. The van der Waals surface area contributed by atoms with Crippen LogP contribution in [0, 0.1) is 0 Å². The zero-order valence-corrected chi connectivity index (χ0v) is 12.6. The second-order valence-corrected chi connectivity index (χ2v) is 7.51. The molecule has 0 amide bonds. The molecule has 0 fully saturated rings. The maximum atomic E-state index is 12.4. The molecule has 4 nitrogen and oxygen atoms in total. The molecule has 0 atom stereocenters. The van der Waals surface area contributed by atoms with E-state index in [4.69, 9.17) is 5.73 Å². The van der Waals surface area contributed by atoms with Crippen molar-refractivity contribution in [3.05, 3.63) is 45.6 Å². The summed E-state index contributed by atoms with van der Waals surface area (Å²) in [6, 6.07) is 7.38. The van der Waals surface area contributed by atoms with E-state index in [1.54, 1.807) is 11.4 Å². The van der Waals surface area contributed by atoms with Crippen LogP contribution >= 0.6 is 11.3 Å². The van der Waals surface area contributed by atoms with Gasteiger partial charge in [0, 0.05) is 17.1 Å². The van der Waals surface area contributed by atoms with Crippen molar-refractivity contribution in [2.75, 3.05) is 4.72 Å². The standard InChI is InChI=1S/C14H16N2O2S2/c15-9-13-14(6-7-19-13)20(17,18)16-12-5-4-10-2-1-3-11(10)8-12/h4-8,16H,1-3,9,15H2. The number of anilines is 1. The van der Waals surface area contributed by atoms with Crippen molar-refractivity contribution < 1.29 is 8.42 Å². The average Bonchev–Trinajstić information content (AvgIpc) is 3.06. The summed E-state index contributed by atoms with van der Waals surface area (Å²) in [7, 11) is -3.55. The number of benzene rings is 1. The van der Waals surface area contributed by atoms with Gasteiger partial charge in [0.25, 0.3) is 10.0 Å². The van der Waals surface area contributed by atoms with Crippen molar-refractivity contribution in [3.63, 3.8) is 0 Å². The summed E-state index contributed by atoms with van der Waals surface area (Å²) in [6.45, 7) is 0.234. The lowest BCUT2D eigenvalue weighted by Gasteiger charge is -2.10. The molecule has 0 saturated heterocycles. The first kappa shape index (κ1) is 13.6. The maximum absolute atomic E-state index is 12.4. The van der Waals surface area contributed by atoms with Crippen LogP contribution in [0.1, 0.15) is 22.4 Å². The fraction of sp³-hybridized carbons (Fsp3) is 0.286. The van der Waals surface area contributed by atoms with Crippen LogP contribution in [-0.4, -0.2) is 8.42 Å². The summed E-state index contributed by atoms with van der Waals surface area (Å²) in [4.78, 5) is 0.962. The topological polar surface area (TPSA) is 72.2 Å². The highest BCUT2D eigenvalue weighted by Gasteiger charge is 2.20. The quantitative estimate of drug-likeness (QED) is 0.911. The molecule has 0 aliphatic heterocycles. The SMILES string of the molecule is NCc1sccc1S(=O)(=O)Nc1ccc2c(c1)CCC2. The minimum Gasteiger partial charge on any atom is -0.326 e. The van der Waals surface area contributed by atoms with E-state index in [-0.39, 0.29) is 11.4 Å². The van der Waals surface area contributed by atoms with Gasteiger partial charge in [0.05, 0.1) is 0 Å². The zero-order chi connectivity index (χ0) is 14.2. The van der Waals surface area contributed by atoms with E-state index < -0.39 is 10.0 Å². The van der Waals surface area contributed by atoms with E-state index in [0.717, 1.165) is 19.3 Å². The lowest BCUT2D eigenvalue weighted by molar-refractivity contribution is 0.600. The van der Waals surface area contributed by atoms with Crippen molar-refractivity contribution >= 4 is 27.0 Å². The molecular formula is C14H16N2O2S2. The van der Waals surface area contributed by atoms with Crippen molar-refractivity contribution in [1.82, 2.24) is 0 Å². The Morgan fingerprint density at radius 1 is 1.20 bits per heavy atom. The highest BCUT2D eigenvalue weighted by Crippen LogP contribution is 2.28. The zero-order valence-electron chi connectivity index (χ0n) is 10.9. The number of hydrogen-bond donors (Lipinski definition) is 2. The number of nitrogens with two attached hydrogens (primary N) is 1. The monoisotopic (exact) mass is 308 g/mol. The van der Waals surface area contributed by atoms with Crippen LogP contribution in [0.4, 0.5) is 5.69 Å². The van der Waals surface area contributed by atoms with E-state index in [2.05, 4.69) is 4.72 Å². The predicted molar refractivity (Wildman–Crippen MR) is 81.5 cm³/mol. The number of aryl methyl sites for hydroxylation is 2. The minimum atomic E-state index is -3.55. The lowest BCUT2D eigenvalue weighted by atomic mass is 10.1. The number of nitrogens with one attached hydrogen (secondary N) is 1. The van der Waals surface area contributed by atoms with Gasteiger partial charge in [-0.3, -0.25) is 4.72 Å². The second-order valence-electron chi connectivity index (χ2n) is 4.85. The third-order valence-electron chi connectivity index (χ3n) is 3.53. The van der Waals surface area contributed by atoms with Crippen molar-refractivity contribution in [3.8, 4) is 0 Å². The molecule has 1 aliphatic rings. The molecule has 106 valence electrons. The van der Waals surface area contributed by atoms with Crippen LogP contribution in [0.3, 0.4) is 0 Å². The lowest BCUT2D eigenvalue weighted by Crippen LogP contribution is -2.14. The first-order valence-corrected chi connectivity index (χ1v) is 8.87. The molecule has 3 rings (SSSR count). The largest absolute Gasteiger partial charge is 0.326 e. The van der Waals surface area contributed by atoms with Gasteiger partial charge in [-0.1, -0.05) is 6.07 Å². The smallest absolute Gasteiger partial charge is 0.263 e. The maximum Gasteiger partial charge on any atom is 0.263 e. The molecule has 3 N–H and O–H groups in total. The molecule has 1 aromatic heterocycles. The Morgan fingerprint density at radius 2 is 2.00 bits per heavy atom. The highest BCUT2D eigenvalue weighted by molar-refractivity contribution is 7.93. The molecular weight excluding hydrogens is 292 g/mol. The van der Waals surface area contributed by atoms with Crippen LogP contribution in [0.2, 0.25) is 0 Å². The molecule has 6 heteroatoms. The van der Waals surface area contributed by atoms with Gasteiger partial charge >= 0.3 is 0 Å². The molecule has 0 radical (unpaired) electrons. The highest BCUT2D eigenvalue weighted by atomic mass is 32.2. The second kappa shape index (κ2) is 5.20. The summed E-state index contributed by atoms with van der Waals surface area (Å²) >= 11 is 1.36. The molecule has 2 aromatic rings. The number of rotatable bonds is 4. The van der Waals surface area contributed by atoms with Gasteiger partial charge in [-0.25, -0.2) is 8.42 Å². The summed E-state index contributed by atoms with van der Waals surface area (Å²) in [5.74, 6) is 0. The number of sulfonamides is 1. The Morgan fingerprint density at radius 3 is 2.80 bits per heavy atom. The van der Waals surface area contributed by atoms with Gasteiger partial charge in [-0.2, -0.15) is 0 Å². The van der Waals surface area contributed by atoms with Crippen LogP contribution < -0.4 is 10.5 Å². The van der Waals surface area contributed by atoms with E-state index in [0.29, 0.717) is 10.6 Å². The van der Waals surface area contributed by atoms with E-state index in [1.165, 1.54) is 22.5 Å². The Kier molecular flexibility index (Phi) is 3.54. The molecule has 0 bridgehead atoms. The van der Waals surface area contributed by atoms with E-state index >= 15 is 0 Å². The molecule has 1 aromatic carbocycles. The van der Waals surface area contributed by atoms with E-state index in [9.17, 15) is 8.42 Å². The van der Waals surface area contributed by atoms with Crippen molar-refractivity contribution in [2.45, 2.75) is 30.7 Å². The first-order chi connectivity index (χ1) is 9.60. The third-order valence-corrected chi connectivity index (χ3v) is 6.07. The number of thiophene rings is 1. The van der Waals surface area contributed by atoms with E-state index in [1.807, 2.05) is 18.2 Å². The number of fused-ring (bicyclic) bond motifs is 1. The predicted octanol–water partition coefficient (Wildman–Crippen LogP) is 2.50. The van der Waals surface area contributed by atoms with Gasteiger partial charge < -0.3 is 5.73 Å². The van der Waals surface area contributed by atoms with Gasteiger partial charge in [0.15, 0.2) is 0 Å². The molecule has 0 unspecified atom stereocenters. The molecule has 1 aliphatic carbocycles. The van der Waals surface area contributed by atoms with Crippen LogP contribution in [0.15, 0.2) is 34.5 Å². The third kappa shape index (κ3) is 2.46. The fourth-order valence-electron chi connectivity index (χ4n) is 2.56. The summed E-state index contributed by atoms with van der Waals surface area (Å²) in [6.07, 6.45) is 3.26. The number of hydrogen-bond acceptors (Lipinski definition) is 4. The Balaban J connectivity index is 1.90. The van der Waals surface area contributed by atoms with Gasteiger partial charge in [0.2, 0.25) is 0 Å². The summed E-state index contributed by atoms with van der Waals surface area (Å²) < 4.78 is 27.4. The molecule has 0 saturated carbocycles. The van der Waals surface area contributed by atoms with Crippen LogP contribution in [0.5, 0.6) is 0 Å². The fourth-order valence-corrected chi connectivity index (χ4v) is 4.95. The average molecular weight is 308 g/mol. The summed E-state index contributed by atoms with van der Waals surface area (Å²) in [5.41, 5.74) is 8.77. The molecule has 20 heavy (non-hydrogen) atoms. The van der Waals surface area contributed by atoms with Crippen LogP contribution in [0.25, 0.3) is 0 Å². The van der Waals surface area contributed by atoms with Gasteiger partial charge in [0.1, 0.15) is 4.90 Å². The Bertz CT molecular complexity index is 735.